The van der Waals surface area contributed by atoms with Crippen molar-refractivity contribution in [3.63, 3.8) is 0 Å². The van der Waals surface area contributed by atoms with Crippen LogP contribution in [0.5, 0.6) is 0 Å². The van der Waals surface area contributed by atoms with Crippen LogP contribution < -0.4 is 16.0 Å². The minimum atomic E-state index is -0.798. The van der Waals surface area contributed by atoms with Gasteiger partial charge in [0.15, 0.2) is 0 Å². The summed E-state index contributed by atoms with van der Waals surface area (Å²) >= 11 is 0. The van der Waals surface area contributed by atoms with E-state index < -0.39 is 78.8 Å². The lowest BCUT2D eigenvalue weighted by molar-refractivity contribution is -0.135. The standard InChI is InChI=1S/C11H18N2O5.2C10H16N2O5/c1-11(2)5-13(10(17)12-9(11)16)8-3-6(15)7(4-14)18-8;2*1-5-3-12(10(16)11-9(5)15)8-2-6(14)7(4-13)17-8/h6-8,14-15H,3-5H2,1-2H3,(H,12,16,17);2*5-8,13-14H,2-4H2,1H3,(H,11,15,16)/t;5-,6?,7?,8?;/m.1./s1. The van der Waals surface area contributed by atoms with Crippen LogP contribution in [-0.2, 0) is 28.6 Å². The number of carbonyl (C=O) groups excluding carboxylic acids is 6. The van der Waals surface area contributed by atoms with Crippen molar-refractivity contribution < 1.29 is 73.6 Å². The molecule has 11 atom stereocenters. The molecule has 52 heavy (non-hydrogen) atoms. The SMILES string of the molecule is CC1(C)CN(C2CC(O)C(CO)O2)C(=O)NC1=O.CC1CN(C2CC(O)C(CO)O2)C(=O)NC1=O.C[C@@H]1CN(C2CC(O)C(CO)O2)C(=O)NC1=O. The molecule has 0 aromatic rings. The van der Waals surface area contributed by atoms with E-state index in [9.17, 15) is 44.1 Å². The van der Waals surface area contributed by atoms with Crippen molar-refractivity contribution in [2.45, 2.75) is 102 Å². The Labute approximate surface area is 299 Å². The number of amides is 9. The highest BCUT2D eigenvalue weighted by molar-refractivity contribution is 6.00. The number of aliphatic hydroxyl groups is 6. The van der Waals surface area contributed by atoms with Gasteiger partial charge in [0, 0.05) is 38.9 Å². The van der Waals surface area contributed by atoms with Crippen LogP contribution in [0.1, 0.15) is 47.0 Å². The normalized spacial score (nSPS) is 37.5. The van der Waals surface area contributed by atoms with Gasteiger partial charge >= 0.3 is 18.1 Å². The van der Waals surface area contributed by atoms with Gasteiger partial charge in [-0.1, -0.05) is 13.8 Å². The zero-order valence-corrected chi connectivity index (χ0v) is 29.4. The van der Waals surface area contributed by atoms with Crippen LogP contribution in [0.3, 0.4) is 0 Å². The Hall–Kier alpha value is -3.54. The van der Waals surface area contributed by atoms with E-state index in [1.54, 1.807) is 27.7 Å². The third-order valence-corrected chi connectivity index (χ3v) is 9.68. The highest BCUT2D eigenvalue weighted by Crippen LogP contribution is 2.30. The molecule has 0 radical (unpaired) electrons. The van der Waals surface area contributed by atoms with Crippen molar-refractivity contribution >= 4 is 35.8 Å². The maximum absolute atomic E-state index is 11.8. The number of hydrogen-bond acceptors (Lipinski definition) is 15. The van der Waals surface area contributed by atoms with Gasteiger partial charge in [0.2, 0.25) is 17.7 Å². The van der Waals surface area contributed by atoms with E-state index >= 15 is 0 Å². The lowest BCUT2D eigenvalue weighted by atomic mass is 9.90. The van der Waals surface area contributed by atoms with Gasteiger partial charge in [-0.2, -0.15) is 0 Å². The Morgan fingerprint density at radius 3 is 1.25 bits per heavy atom. The first kappa shape index (κ1) is 41.2. The molecule has 21 nitrogen and oxygen atoms in total. The third kappa shape index (κ3) is 9.33. The Balaban J connectivity index is 0.000000175. The molecular formula is C31H50N6O15. The monoisotopic (exact) mass is 746 g/mol. The molecule has 10 unspecified atom stereocenters. The zero-order valence-electron chi connectivity index (χ0n) is 29.4. The fraction of sp³-hybridized carbons (Fsp3) is 0.806. The second-order valence-electron chi connectivity index (χ2n) is 14.3. The van der Waals surface area contributed by atoms with Gasteiger partial charge < -0.3 is 44.8 Å². The van der Waals surface area contributed by atoms with E-state index in [-0.39, 0.29) is 88.3 Å². The average molecular weight is 747 g/mol. The topological polar surface area (TPSA) is 297 Å². The zero-order chi connectivity index (χ0) is 38.7. The van der Waals surface area contributed by atoms with E-state index in [0.29, 0.717) is 0 Å². The quantitative estimate of drug-likeness (QED) is 0.126. The minimum absolute atomic E-state index is 0.229. The third-order valence-electron chi connectivity index (χ3n) is 9.68. The summed E-state index contributed by atoms with van der Waals surface area (Å²) in [6.07, 6.45) is -5.42. The molecule has 6 fully saturated rings. The molecule has 294 valence electrons. The number of ether oxygens (including phenoxy) is 3. The van der Waals surface area contributed by atoms with E-state index in [0.717, 1.165) is 0 Å². The van der Waals surface area contributed by atoms with Crippen LogP contribution >= 0.6 is 0 Å². The van der Waals surface area contributed by atoms with E-state index in [1.165, 1.54) is 14.7 Å². The Morgan fingerprint density at radius 2 is 0.923 bits per heavy atom. The van der Waals surface area contributed by atoms with Gasteiger partial charge in [0.1, 0.15) is 37.0 Å². The number of carbonyl (C=O) groups is 6. The number of hydrogen-bond donors (Lipinski definition) is 9. The van der Waals surface area contributed by atoms with Crippen molar-refractivity contribution in [2.24, 2.45) is 17.3 Å². The second-order valence-corrected chi connectivity index (χ2v) is 14.3. The predicted molar refractivity (Wildman–Crippen MR) is 172 cm³/mol. The molecule has 0 saturated carbocycles. The fourth-order valence-electron chi connectivity index (χ4n) is 6.37. The Kier molecular flexibility index (Phi) is 13.5. The van der Waals surface area contributed by atoms with Gasteiger partial charge in [-0.15, -0.1) is 0 Å². The van der Waals surface area contributed by atoms with Crippen LogP contribution in [0.2, 0.25) is 0 Å². The van der Waals surface area contributed by atoms with Crippen LogP contribution in [0.15, 0.2) is 0 Å². The number of aliphatic hydroxyl groups excluding tert-OH is 6. The second kappa shape index (κ2) is 17.1. The first-order valence-corrected chi connectivity index (χ1v) is 17.1. The van der Waals surface area contributed by atoms with Gasteiger partial charge in [-0.25, -0.2) is 14.4 Å². The predicted octanol–water partition coefficient (Wildman–Crippen LogP) is -3.68. The van der Waals surface area contributed by atoms with Gasteiger partial charge in [-0.3, -0.25) is 45.0 Å². The Morgan fingerprint density at radius 1 is 0.596 bits per heavy atom. The molecule has 21 heteroatoms. The molecule has 6 aliphatic heterocycles. The van der Waals surface area contributed by atoms with E-state index in [2.05, 4.69) is 16.0 Å². The molecular weight excluding hydrogens is 696 g/mol. The van der Waals surface area contributed by atoms with Crippen molar-refractivity contribution in [3.05, 3.63) is 0 Å². The van der Waals surface area contributed by atoms with Crippen molar-refractivity contribution in [1.82, 2.24) is 30.7 Å². The first-order chi connectivity index (χ1) is 24.4. The fourth-order valence-corrected chi connectivity index (χ4v) is 6.37. The summed E-state index contributed by atoms with van der Waals surface area (Å²) in [5.41, 5.74) is -0.695. The lowest BCUT2D eigenvalue weighted by Crippen LogP contribution is -2.61. The summed E-state index contributed by atoms with van der Waals surface area (Å²) in [4.78, 5) is 73.2. The molecule has 6 heterocycles. The summed E-state index contributed by atoms with van der Waals surface area (Å²) < 4.78 is 16.2. The van der Waals surface area contributed by atoms with Crippen LogP contribution in [0.4, 0.5) is 14.4 Å². The van der Waals surface area contributed by atoms with Crippen LogP contribution in [0.25, 0.3) is 0 Å². The number of rotatable bonds is 6. The largest absolute Gasteiger partial charge is 0.394 e. The summed E-state index contributed by atoms with van der Waals surface area (Å²) in [7, 11) is 0. The smallest absolute Gasteiger partial charge is 0.326 e. The highest BCUT2D eigenvalue weighted by Gasteiger charge is 2.46. The Bertz CT molecular complexity index is 1290. The summed E-state index contributed by atoms with van der Waals surface area (Å²) in [5, 5.41) is 62.5. The number of urea groups is 3. The molecule has 6 aliphatic rings. The molecule has 6 rings (SSSR count). The van der Waals surface area contributed by atoms with Crippen molar-refractivity contribution in [1.29, 1.82) is 0 Å². The molecule has 0 aromatic carbocycles. The van der Waals surface area contributed by atoms with Gasteiger partial charge in [-0.05, 0) is 13.8 Å². The van der Waals surface area contributed by atoms with Crippen LogP contribution in [0, 0.1) is 17.3 Å². The molecule has 0 aliphatic carbocycles. The average Bonchev–Trinajstić information content (AvgIpc) is 3.78. The molecule has 9 N–H and O–H groups in total. The molecule has 0 aromatic heterocycles. The van der Waals surface area contributed by atoms with E-state index in [1.807, 2.05) is 0 Å². The molecule has 0 spiro atoms. The number of nitrogens with zero attached hydrogens (tertiary/aromatic N) is 3. The maximum atomic E-state index is 11.8. The number of imide groups is 3. The summed E-state index contributed by atoms with van der Waals surface area (Å²) in [5.74, 6) is -1.53. The van der Waals surface area contributed by atoms with Gasteiger partial charge in [0.25, 0.3) is 0 Å². The highest BCUT2D eigenvalue weighted by atomic mass is 16.6. The summed E-state index contributed by atoms with van der Waals surface area (Å²) in [6.45, 7) is 6.77. The van der Waals surface area contributed by atoms with E-state index in [4.69, 9.17) is 29.5 Å². The maximum Gasteiger partial charge on any atom is 0.326 e. The molecule has 9 amide bonds. The van der Waals surface area contributed by atoms with Crippen LogP contribution in [-0.4, -0.2) is 176 Å². The number of nitrogens with one attached hydrogen (secondary N) is 3. The van der Waals surface area contributed by atoms with Crippen molar-refractivity contribution in [3.8, 4) is 0 Å². The summed E-state index contributed by atoms with van der Waals surface area (Å²) in [6, 6.07) is -1.54. The first-order valence-electron chi connectivity index (χ1n) is 17.1. The molecule has 0 bridgehead atoms. The minimum Gasteiger partial charge on any atom is -0.394 e. The lowest BCUT2D eigenvalue weighted by Gasteiger charge is -2.39. The van der Waals surface area contributed by atoms with Gasteiger partial charge in [0.05, 0.1) is 55.4 Å². The molecule has 6 saturated heterocycles. The van der Waals surface area contributed by atoms with Crippen molar-refractivity contribution in [2.75, 3.05) is 39.5 Å².